The maximum Gasteiger partial charge on any atom is 0.407 e. The molecule has 0 heterocycles. The van der Waals surface area contributed by atoms with Crippen LogP contribution in [0.4, 0.5) is 10.5 Å². The van der Waals surface area contributed by atoms with E-state index in [-0.39, 0.29) is 17.6 Å². The van der Waals surface area contributed by atoms with Gasteiger partial charge in [0.2, 0.25) is 0 Å². The van der Waals surface area contributed by atoms with Crippen molar-refractivity contribution >= 4 is 25.8 Å². The van der Waals surface area contributed by atoms with Crippen LogP contribution in [0.1, 0.15) is 33.3 Å². The van der Waals surface area contributed by atoms with E-state index in [1.165, 1.54) is 12.1 Å². The predicted octanol–water partition coefficient (Wildman–Crippen LogP) is 4.46. The fourth-order valence-corrected chi connectivity index (χ4v) is 4.46. The smallest absolute Gasteiger partial charge is 0.407 e. The first-order valence-corrected chi connectivity index (χ1v) is 13.1. The van der Waals surface area contributed by atoms with Crippen LogP contribution in [0.15, 0.2) is 24.3 Å². The van der Waals surface area contributed by atoms with Crippen LogP contribution in [0, 0.1) is 16.0 Å². The highest BCUT2D eigenvalue weighted by molar-refractivity contribution is 6.77. The molecule has 2 N–H and O–H groups in total. The van der Waals surface area contributed by atoms with E-state index in [9.17, 15) is 24.8 Å². The second-order valence-corrected chi connectivity index (χ2v) is 15.0. The first-order valence-electron chi connectivity index (χ1n) is 9.57. The van der Waals surface area contributed by atoms with Gasteiger partial charge in [-0.3, -0.25) is 14.9 Å². The molecule has 0 aliphatic carbocycles. The molecule has 9 heteroatoms. The van der Waals surface area contributed by atoms with Gasteiger partial charge in [-0.05, 0) is 38.3 Å². The average molecular weight is 425 g/mol. The third-order valence-corrected chi connectivity index (χ3v) is 8.02. The fourth-order valence-electron chi connectivity index (χ4n) is 3.01. The largest absolute Gasteiger partial charge is 0.481 e. The molecule has 3 unspecified atom stereocenters. The van der Waals surface area contributed by atoms with Crippen LogP contribution in [0.5, 0.6) is 0 Å². The number of rotatable bonds is 8. The number of non-ortho nitro benzene ring substituents is 1. The summed E-state index contributed by atoms with van der Waals surface area (Å²) < 4.78 is 5.33. The number of carboxylic acid groups (broad SMARTS) is 1. The van der Waals surface area contributed by atoms with Crippen molar-refractivity contribution in [3.63, 3.8) is 0 Å². The zero-order valence-corrected chi connectivity index (χ0v) is 19.2. The number of benzene rings is 1. The summed E-state index contributed by atoms with van der Waals surface area (Å²) in [6.45, 7) is 13.4. The Labute approximate surface area is 172 Å². The molecule has 0 spiro atoms. The van der Waals surface area contributed by atoms with Gasteiger partial charge in [0.15, 0.2) is 0 Å². The molecule has 1 rings (SSSR count). The number of hydrogen-bond acceptors (Lipinski definition) is 5. The van der Waals surface area contributed by atoms with Gasteiger partial charge in [-0.15, -0.1) is 0 Å². The van der Waals surface area contributed by atoms with Crippen LogP contribution in [0.3, 0.4) is 0 Å². The van der Waals surface area contributed by atoms with Gasteiger partial charge in [-0.2, -0.15) is 0 Å². The highest BCUT2D eigenvalue weighted by Crippen LogP contribution is 2.33. The zero-order valence-electron chi connectivity index (χ0n) is 18.2. The van der Waals surface area contributed by atoms with Crippen molar-refractivity contribution in [3.8, 4) is 0 Å². The highest BCUT2D eigenvalue weighted by Gasteiger charge is 2.40. The summed E-state index contributed by atoms with van der Waals surface area (Å²) in [5.41, 5.74) is -0.190. The first kappa shape index (κ1) is 24.6. The molecule has 3 atom stereocenters. The lowest BCUT2D eigenvalue weighted by atomic mass is 9.91. The Morgan fingerprint density at radius 2 is 1.72 bits per heavy atom. The summed E-state index contributed by atoms with van der Waals surface area (Å²) in [7, 11) is -1.85. The number of nitrogens with one attached hydrogen (secondary N) is 1. The van der Waals surface area contributed by atoms with Gasteiger partial charge in [-0.1, -0.05) is 38.7 Å². The van der Waals surface area contributed by atoms with Crippen molar-refractivity contribution in [3.05, 3.63) is 39.9 Å². The number of aliphatic carboxylic acids is 1. The fraction of sp³-hybridized carbons (Fsp3) is 0.600. The monoisotopic (exact) mass is 424 g/mol. The number of hydrogen-bond donors (Lipinski definition) is 2. The average Bonchev–Trinajstić information content (AvgIpc) is 2.52. The summed E-state index contributed by atoms with van der Waals surface area (Å²) in [5.74, 6) is -1.80. The Balaban J connectivity index is 3.23. The lowest BCUT2D eigenvalue weighted by molar-refractivity contribution is -0.384. The number of alkyl carbamates (subject to hydrolysis) is 1. The van der Waals surface area contributed by atoms with Crippen LogP contribution in [0.2, 0.25) is 25.2 Å². The number of nitro benzene ring substituents is 1. The van der Waals surface area contributed by atoms with E-state index in [2.05, 4.69) is 25.0 Å². The molecule has 1 aromatic rings. The van der Waals surface area contributed by atoms with Crippen molar-refractivity contribution in [2.24, 2.45) is 5.92 Å². The number of carboxylic acids is 1. The van der Waals surface area contributed by atoms with E-state index in [0.29, 0.717) is 5.56 Å². The summed E-state index contributed by atoms with van der Waals surface area (Å²) >= 11 is 0. The molecular formula is C20H32N2O6Si. The Kier molecular flexibility index (Phi) is 7.96. The summed E-state index contributed by atoms with van der Waals surface area (Å²) in [4.78, 5) is 34.9. The molecule has 0 saturated carbocycles. The molecule has 29 heavy (non-hydrogen) atoms. The van der Waals surface area contributed by atoms with Gasteiger partial charge in [-0.25, -0.2) is 4.79 Å². The second kappa shape index (κ2) is 9.38. The van der Waals surface area contributed by atoms with E-state index in [1.54, 1.807) is 32.9 Å². The molecule has 0 fully saturated rings. The molecule has 0 radical (unpaired) electrons. The number of nitro groups is 1. The van der Waals surface area contributed by atoms with Gasteiger partial charge in [0.25, 0.3) is 5.69 Å². The SMILES string of the molecule is CC(C(C(=O)O)C(Cc1ccc([N+](=O)[O-])cc1)NC(=O)OC(C)(C)C)[Si](C)(C)C. The lowest BCUT2D eigenvalue weighted by Gasteiger charge is -2.36. The van der Waals surface area contributed by atoms with E-state index in [0.717, 1.165) is 0 Å². The molecule has 162 valence electrons. The second-order valence-electron chi connectivity index (χ2n) is 9.40. The topological polar surface area (TPSA) is 119 Å². The minimum Gasteiger partial charge on any atom is -0.481 e. The highest BCUT2D eigenvalue weighted by atomic mass is 28.3. The van der Waals surface area contributed by atoms with E-state index in [1.807, 2.05) is 6.92 Å². The quantitative estimate of drug-likeness (QED) is 0.361. The maximum absolute atomic E-state index is 12.4. The van der Waals surface area contributed by atoms with Crippen molar-refractivity contribution in [2.45, 2.75) is 70.9 Å². The lowest BCUT2D eigenvalue weighted by Crippen LogP contribution is -2.50. The number of nitrogens with zero attached hydrogens (tertiary/aromatic N) is 1. The standard InChI is InChI=1S/C20H32N2O6Si/c1-13(29(5,6)7)17(18(23)24)16(21-19(25)28-20(2,3)4)12-14-8-10-15(11-9-14)22(26)27/h8-11,13,16-17H,12H2,1-7H3,(H,21,25)(H,23,24). The molecule has 0 aromatic heterocycles. The Bertz CT molecular complexity index is 737. The Morgan fingerprint density at radius 3 is 2.10 bits per heavy atom. The zero-order chi connectivity index (χ0) is 22.6. The van der Waals surface area contributed by atoms with Crippen molar-refractivity contribution in [2.75, 3.05) is 0 Å². The van der Waals surface area contributed by atoms with Gasteiger partial charge in [0.1, 0.15) is 5.60 Å². The molecule has 0 aliphatic rings. The molecular weight excluding hydrogens is 392 g/mol. The number of amides is 1. The van der Waals surface area contributed by atoms with Crippen LogP contribution in [0.25, 0.3) is 0 Å². The molecule has 0 saturated heterocycles. The van der Waals surface area contributed by atoms with Gasteiger partial charge in [0.05, 0.1) is 10.8 Å². The van der Waals surface area contributed by atoms with Gasteiger partial charge in [0, 0.05) is 26.2 Å². The number of ether oxygens (including phenoxy) is 1. The van der Waals surface area contributed by atoms with E-state index < -0.39 is 42.6 Å². The predicted molar refractivity (Wildman–Crippen MR) is 114 cm³/mol. The maximum atomic E-state index is 12.4. The van der Waals surface area contributed by atoms with E-state index in [4.69, 9.17) is 4.74 Å². The molecule has 0 bridgehead atoms. The summed E-state index contributed by atoms with van der Waals surface area (Å²) in [6, 6.07) is 5.19. The van der Waals surface area contributed by atoms with Crippen LogP contribution in [-0.4, -0.2) is 41.8 Å². The third kappa shape index (κ3) is 7.84. The Morgan fingerprint density at radius 1 is 1.21 bits per heavy atom. The minimum atomic E-state index is -1.85. The van der Waals surface area contributed by atoms with Crippen LogP contribution < -0.4 is 5.32 Å². The van der Waals surface area contributed by atoms with Crippen molar-refractivity contribution < 1.29 is 24.4 Å². The van der Waals surface area contributed by atoms with Crippen molar-refractivity contribution in [1.29, 1.82) is 0 Å². The molecule has 1 amide bonds. The summed E-state index contributed by atoms with van der Waals surface area (Å²) in [5, 5.41) is 23.6. The number of carbonyl (C=O) groups is 2. The van der Waals surface area contributed by atoms with Gasteiger partial charge < -0.3 is 15.2 Å². The van der Waals surface area contributed by atoms with Gasteiger partial charge >= 0.3 is 12.1 Å². The number of carbonyl (C=O) groups excluding carboxylic acids is 1. The normalized spacial score (nSPS) is 15.1. The van der Waals surface area contributed by atoms with Crippen LogP contribution in [-0.2, 0) is 16.0 Å². The van der Waals surface area contributed by atoms with Crippen LogP contribution >= 0.6 is 0 Å². The van der Waals surface area contributed by atoms with Crippen molar-refractivity contribution in [1.82, 2.24) is 5.32 Å². The first-order chi connectivity index (χ1) is 13.1. The molecule has 0 aliphatic heterocycles. The molecule has 1 aromatic carbocycles. The summed E-state index contributed by atoms with van der Waals surface area (Å²) in [6.07, 6.45) is -0.457. The van der Waals surface area contributed by atoms with E-state index >= 15 is 0 Å². The Hall–Kier alpha value is -2.42. The third-order valence-electron chi connectivity index (χ3n) is 4.93. The molecule has 8 nitrogen and oxygen atoms in total. The minimum absolute atomic E-state index is 0.0457.